The Morgan fingerprint density at radius 1 is 0.970 bits per heavy atom. The monoisotopic (exact) mass is 480 g/mol. The Morgan fingerprint density at radius 2 is 1.58 bits per heavy atom. The lowest BCUT2D eigenvalue weighted by Crippen LogP contribution is -2.32. The molecule has 0 radical (unpaired) electrons. The third kappa shape index (κ3) is 7.30. The molecule has 0 bridgehead atoms. The highest BCUT2D eigenvalue weighted by atomic mass is 32.2. The van der Waals surface area contributed by atoms with Gasteiger partial charge in [0.25, 0.3) is 0 Å². The Bertz CT molecular complexity index is 1280. The van der Waals surface area contributed by atoms with Crippen molar-refractivity contribution in [2.75, 3.05) is 5.32 Å². The maximum Gasteiger partial charge on any atom is 0.250 e. The average molecular weight is 481 g/mol. The zero-order chi connectivity index (χ0) is 24.0. The maximum atomic E-state index is 12.7. The van der Waals surface area contributed by atoms with Crippen molar-refractivity contribution >= 4 is 44.8 Å². The van der Waals surface area contributed by atoms with Crippen LogP contribution in [0.4, 0.5) is 5.69 Å². The van der Waals surface area contributed by atoms with Crippen molar-refractivity contribution < 1.29 is 13.2 Å². The number of benzene rings is 2. The van der Waals surface area contributed by atoms with Crippen LogP contribution < -0.4 is 10.6 Å². The van der Waals surface area contributed by atoms with Crippen molar-refractivity contribution in [3.8, 4) is 0 Å². The summed E-state index contributed by atoms with van der Waals surface area (Å²) in [5.41, 5.74) is 4.02. The van der Waals surface area contributed by atoms with Gasteiger partial charge in [-0.25, -0.2) is 18.4 Å². The second kappa shape index (κ2) is 10.5. The van der Waals surface area contributed by atoms with E-state index in [1.54, 1.807) is 38.1 Å². The molecule has 1 amide bonds. The molecule has 170 valence electrons. The summed E-state index contributed by atoms with van der Waals surface area (Å²) in [6, 6.07) is 15.6. The summed E-state index contributed by atoms with van der Waals surface area (Å²) >= 11 is 5.17. The Morgan fingerprint density at radius 3 is 2.18 bits per heavy atom. The van der Waals surface area contributed by atoms with Gasteiger partial charge >= 0.3 is 0 Å². The Kier molecular flexibility index (Phi) is 7.67. The summed E-state index contributed by atoms with van der Waals surface area (Å²) in [4.78, 5) is 20.6. The number of carbonyl (C=O) groups is 1. The van der Waals surface area contributed by atoms with E-state index in [1.165, 1.54) is 18.2 Å². The lowest BCUT2D eigenvalue weighted by atomic mass is 10.1. The average Bonchev–Trinajstić information content (AvgIpc) is 2.72. The number of sulfone groups is 1. The molecule has 0 atom stereocenters. The van der Waals surface area contributed by atoms with Crippen molar-refractivity contribution in [1.29, 1.82) is 0 Å². The molecule has 0 aliphatic carbocycles. The Labute approximate surface area is 198 Å². The second-order valence-electron chi connectivity index (χ2n) is 7.54. The number of carbonyl (C=O) groups excluding carboxylic acids is 1. The molecule has 9 heteroatoms. The first-order chi connectivity index (χ1) is 15.6. The number of hydrogen-bond acceptors (Lipinski definition) is 6. The number of aromatic nitrogens is 2. The van der Waals surface area contributed by atoms with Crippen LogP contribution in [0.1, 0.15) is 28.3 Å². The molecule has 2 aromatic carbocycles. The van der Waals surface area contributed by atoms with E-state index in [0.717, 1.165) is 22.5 Å². The first kappa shape index (κ1) is 24.2. The van der Waals surface area contributed by atoms with Crippen molar-refractivity contribution in [2.45, 2.75) is 31.4 Å². The van der Waals surface area contributed by atoms with Gasteiger partial charge in [-0.3, -0.25) is 10.1 Å². The van der Waals surface area contributed by atoms with Gasteiger partial charge in [0.15, 0.2) is 14.9 Å². The van der Waals surface area contributed by atoms with Gasteiger partial charge in [-0.15, -0.1) is 0 Å². The van der Waals surface area contributed by atoms with Gasteiger partial charge in [0.1, 0.15) is 11.6 Å². The molecule has 0 aliphatic heterocycles. The van der Waals surface area contributed by atoms with Crippen LogP contribution in [0.25, 0.3) is 6.08 Å². The van der Waals surface area contributed by atoms with Gasteiger partial charge in [0.2, 0.25) is 5.91 Å². The number of rotatable bonds is 6. The quantitative estimate of drug-likeness (QED) is 0.408. The minimum atomic E-state index is -3.61. The lowest BCUT2D eigenvalue weighted by Gasteiger charge is -2.10. The zero-order valence-electron chi connectivity index (χ0n) is 18.5. The standard InChI is InChI=1S/C24H24N4O3S2/c1-16-4-6-19(7-5-16)8-13-23(29)28-24(32)27-20-9-11-21(12-10-20)33(30,31)15-22-25-17(2)14-18(3)26-22/h4-14H,15H2,1-3H3,(H2,27,28,29,32)/b13-8+. The van der Waals surface area contributed by atoms with Gasteiger partial charge in [0, 0.05) is 23.2 Å². The molecule has 1 aromatic heterocycles. The molecule has 0 fully saturated rings. The SMILES string of the molecule is Cc1ccc(/C=C/C(=O)NC(=S)Nc2ccc(S(=O)(=O)Cc3nc(C)cc(C)n3)cc2)cc1. The minimum absolute atomic E-state index is 0.104. The lowest BCUT2D eigenvalue weighted by molar-refractivity contribution is -0.115. The molecule has 0 saturated heterocycles. The summed E-state index contributed by atoms with van der Waals surface area (Å²) in [5.74, 6) is -0.401. The highest BCUT2D eigenvalue weighted by Gasteiger charge is 2.18. The van der Waals surface area contributed by atoms with Crippen LogP contribution in [0.15, 0.2) is 65.6 Å². The highest BCUT2D eigenvalue weighted by Crippen LogP contribution is 2.18. The van der Waals surface area contributed by atoms with Gasteiger partial charge in [0.05, 0.1) is 4.90 Å². The van der Waals surface area contributed by atoms with Crippen LogP contribution in [-0.4, -0.2) is 29.4 Å². The van der Waals surface area contributed by atoms with Gasteiger partial charge in [-0.2, -0.15) is 0 Å². The van der Waals surface area contributed by atoms with E-state index in [9.17, 15) is 13.2 Å². The third-order valence-electron chi connectivity index (χ3n) is 4.56. The molecule has 0 spiro atoms. The molecular weight excluding hydrogens is 456 g/mol. The fraction of sp³-hybridized carbons (Fsp3) is 0.167. The molecule has 2 N–H and O–H groups in total. The van der Waals surface area contributed by atoms with E-state index in [1.807, 2.05) is 31.2 Å². The number of aryl methyl sites for hydroxylation is 3. The van der Waals surface area contributed by atoms with Crippen LogP contribution in [0, 0.1) is 20.8 Å². The van der Waals surface area contributed by atoms with E-state index in [-0.39, 0.29) is 27.5 Å². The van der Waals surface area contributed by atoms with Crippen molar-refractivity contribution in [2.24, 2.45) is 0 Å². The normalized spacial score (nSPS) is 11.4. The van der Waals surface area contributed by atoms with Crippen LogP contribution >= 0.6 is 12.2 Å². The predicted octanol–water partition coefficient (Wildman–Crippen LogP) is 3.90. The first-order valence-electron chi connectivity index (χ1n) is 10.1. The smallest absolute Gasteiger partial charge is 0.250 e. The van der Waals surface area contributed by atoms with Crippen LogP contribution in [0.2, 0.25) is 0 Å². The van der Waals surface area contributed by atoms with E-state index < -0.39 is 9.84 Å². The number of nitrogens with one attached hydrogen (secondary N) is 2. The summed E-state index contributed by atoms with van der Waals surface area (Å²) in [6.45, 7) is 5.59. The molecule has 7 nitrogen and oxygen atoms in total. The highest BCUT2D eigenvalue weighted by molar-refractivity contribution is 7.90. The van der Waals surface area contributed by atoms with Crippen molar-refractivity contribution in [3.63, 3.8) is 0 Å². The predicted molar refractivity (Wildman–Crippen MR) is 133 cm³/mol. The summed E-state index contributed by atoms with van der Waals surface area (Å²) in [7, 11) is -3.61. The van der Waals surface area contributed by atoms with Crippen LogP contribution in [0.3, 0.4) is 0 Å². The summed E-state index contributed by atoms with van der Waals surface area (Å²) < 4.78 is 25.4. The number of nitrogens with zero attached hydrogens (tertiary/aromatic N) is 2. The molecule has 3 rings (SSSR count). The van der Waals surface area contributed by atoms with Crippen molar-refractivity contribution in [3.05, 3.63) is 89.0 Å². The summed E-state index contributed by atoms with van der Waals surface area (Å²) in [6.07, 6.45) is 3.08. The number of hydrogen-bond donors (Lipinski definition) is 2. The Balaban J connectivity index is 1.58. The van der Waals surface area contributed by atoms with E-state index in [2.05, 4.69) is 20.6 Å². The minimum Gasteiger partial charge on any atom is -0.332 e. The maximum absolute atomic E-state index is 12.7. The number of amides is 1. The molecule has 1 heterocycles. The van der Waals surface area contributed by atoms with Gasteiger partial charge in [-0.05, 0) is 75.0 Å². The number of thiocarbonyl (C=S) groups is 1. The topological polar surface area (TPSA) is 101 Å². The van der Waals surface area contributed by atoms with Gasteiger partial charge < -0.3 is 5.32 Å². The largest absolute Gasteiger partial charge is 0.332 e. The second-order valence-corrected chi connectivity index (χ2v) is 9.94. The van der Waals surface area contributed by atoms with Crippen LogP contribution in [0.5, 0.6) is 0 Å². The molecule has 0 unspecified atom stereocenters. The molecule has 33 heavy (non-hydrogen) atoms. The van der Waals surface area contributed by atoms with E-state index in [0.29, 0.717) is 5.69 Å². The number of anilines is 1. The fourth-order valence-electron chi connectivity index (χ4n) is 3.03. The zero-order valence-corrected chi connectivity index (χ0v) is 20.1. The Hall–Kier alpha value is -3.43. The first-order valence-corrected chi connectivity index (χ1v) is 12.2. The fourth-order valence-corrected chi connectivity index (χ4v) is 4.43. The molecule has 3 aromatic rings. The van der Waals surface area contributed by atoms with Crippen LogP contribution in [-0.2, 0) is 20.4 Å². The third-order valence-corrected chi connectivity index (χ3v) is 6.39. The van der Waals surface area contributed by atoms with E-state index >= 15 is 0 Å². The van der Waals surface area contributed by atoms with Crippen molar-refractivity contribution in [1.82, 2.24) is 15.3 Å². The van der Waals surface area contributed by atoms with E-state index in [4.69, 9.17) is 12.2 Å². The summed E-state index contributed by atoms with van der Waals surface area (Å²) in [5, 5.41) is 5.53. The van der Waals surface area contributed by atoms with Gasteiger partial charge in [-0.1, -0.05) is 29.8 Å². The molecule has 0 aliphatic rings. The molecular formula is C24H24N4O3S2. The molecule has 0 saturated carbocycles.